The van der Waals surface area contributed by atoms with Crippen LogP contribution in [-0.4, -0.2) is 33.1 Å². The van der Waals surface area contributed by atoms with Gasteiger partial charge in [0.1, 0.15) is 0 Å². The summed E-state index contributed by atoms with van der Waals surface area (Å²) in [6.45, 7) is 8.16. The Kier molecular flexibility index (Phi) is 3.18. The second-order valence-electron chi connectivity index (χ2n) is 6.44. The first-order chi connectivity index (χ1) is 9.78. The zero-order chi connectivity index (χ0) is 15.3. The van der Waals surface area contributed by atoms with Crippen LogP contribution in [0.5, 0.6) is 0 Å². The zero-order valence-electron chi connectivity index (χ0n) is 13.1. The lowest BCUT2D eigenvalue weighted by atomic mass is 9.84. The molecule has 0 amide bonds. The number of pyridine rings is 1. The number of nitrogens with zero attached hydrogens (tertiary/aromatic N) is 3. The molecule has 0 aliphatic carbocycles. The van der Waals surface area contributed by atoms with E-state index in [-0.39, 0.29) is 11.2 Å². The Hall–Kier alpha value is -1.66. The molecule has 5 nitrogen and oxygen atoms in total. The van der Waals surface area contributed by atoms with Crippen LogP contribution in [0.2, 0.25) is 0 Å². The van der Waals surface area contributed by atoms with Crippen LogP contribution in [0.25, 0.3) is 11.3 Å². The van der Waals surface area contributed by atoms with Gasteiger partial charge in [-0.25, -0.2) is 0 Å². The largest absolute Gasteiger partial charge is 0.514 e. The van der Waals surface area contributed by atoms with Crippen molar-refractivity contribution < 1.29 is 9.31 Å². The van der Waals surface area contributed by atoms with Crippen LogP contribution >= 0.6 is 0 Å². The summed E-state index contributed by atoms with van der Waals surface area (Å²) in [4.78, 5) is 4.67. The molecule has 1 saturated heterocycles. The van der Waals surface area contributed by atoms with Crippen LogP contribution < -0.4 is 5.59 Å². The molecule has 2 aromatic rings. The Morgan fingerprint density at radius 1 is 1.10 bits per heavy atom. The normalized spacial score (nSPS) is 20.0. The Bertz CT molecular complexity index is 650. The topological polar surface area (TPSA) is 49.2 Å². The van der Waals surface area contributed by atoms with Crippen molar-refractivity contribution in [1.82, 2.24) is 14.8 Å². The molecule has 3 rings (SSSR count). The van der Waals surface area contributed by atoms with Crippen LogP contribution in [0.4, 0.5) is 0 Å². The van der Waals surface area contributed by atoms with Gasteiger partial charge >= 0.3 is 7.12 Å². The molecule has 0 saturated carbocycles. The summed E-state index contributed by atoms with van der Waals surface area (Å²) in [5.41, 5.74) is 1.93. The summed E-state index contributed by atoms with van der Waals surface area (Å²) >= 11 is 0. The molecule has 3 heterocycles. The quantitative estimate of drug-likeness (QED) is 0.789. The molecular weight excluding hydrogens is 265 g/mol. The number of hydrogen-bond acceptors (Lipinski definition) is 4. The van der Waals surface area contributed by atoms with Gasteiger partial charge in [0, 0.05) is 18.8 Å². The molecule has 0 bridgehead atoms. The molecule has 0 aromatic carbocycles. The van der Waals surface area contributed by atoms with Gasteiger partial charge in [0.05, 0.1) is 28.7 Å². The van der Waals surface area contributed by atoms with Crippen molar-refractivity contribution in [3.8, 4) is 11.3 Å². The molecule has 6 heteroatoms. The van der Waals surface area contributed by atoms with Crippen molar-refractivity contribution >= 4 is 12.7 Å². The van der Waals surface area contributed by atoms with Crippen molar-refractivity contribution in [2.45, 2.75) is 38.9 Å². The highest BCUT2D eigenvalue weighted by atomic mass is 16.7. The van der Waals surface area contributed by atoms with Crippen LogP contribution in [0, 0.1) is 0 Å². The fourth-order valence-electron chi connectivity index (χ4n) is 2.26. The SMILES string of the molecule is Cn1cc(-c2cccc(B3OC(C)(C)C(C)(C)O3)n2)cn1. The minimum Gasteiger partial charge on any atom is -0.398 e. The van der Waals surface area contributed by atoms with E-state index in [1.165, 1.54) is 0 Å². The highest BCUT2D eigenvalue weighted by Gasteiger charge is 2.52. The number of rotatable bonds is 2. The maximum atomic E-state index is 6.04. The highest BCUT2D eigenvalue weighted by molar-refractivity contribution is 6.61. The fourth-order valence-corrected chi connectivity index (χ4v) is 2.26. The predicted octanol–water partition coefficient (Wildman–Crippen LogP) is 1.78. The van der Waals surface area contributed by atoms with E-state index in [1.807, 2.05) is 59.1 Å². The van der Waals surface area contributed by atoms with Gasteiger partial charge in [-0.3, -0.25) is 9.67 Å². The first kappa shape index (κ1) is 14.3. The van der Waals surface area contributed by atoms with E-state index in [4.69, 9.17) is 9.31 Å². The van der Waals surface area contributed by atoms with Gasteiger partial charge in [-0.15, -0.1) is 0 Å². The summed E-state index contributed by atoms with van der Waals surface area (Å²) in [6, 6.07) is 5.86. The molecule has 0 radical (unpaired) electrons. The third kappa shape index (κ3) is 2.49. The summed E-state index contributed by atoms with van der Waals surface area (Å²) in [6.07, 6.45) is 3.74. The third-order valence-corrected chi connectivity index (χ3v) is 4.27. The maximum Gasteiger partial charge on any atom is 0.514 e. The van der Waals surface area contributed by atoms with Gasteiger partial charge in [-0.1, -0.05) is 6.07 Å². The van der Waals surface area contributed by atoms with E-state index >= 15 is 0 Å². The van der Waals surface area contributed by atoms with Crippen molar-refractivity contribution in [2.24, 2.45) is 7.05 Å². The van der Waals surface area contributed by atoms with Gasteiger partial charge in [0.2, 0.25) is 0 Å². The van der Waals surface area contributed by atoms with Gasteiger partial charge < -0.3 is 9.31 Å². The molecule has 110 valence electrons. The number of aromatic nitrogens is 3. The average Bonchev–Trinajstić information content (AvgIpc) is 2.92. The van der Waals surface area contributed by atoms with E-state index < -0.39 is 7.12 Å². The highest BCUT2D eigenvalue weighted by Crippen LogP contribution is 2.36. The molecule has 0 atom stereocenters. The van der Waals surface area contributed by atoms with E-state index in [2.05, 4.69) is 10.1 Å². The van der Waals surface area contributed by atoms with Crippen LogP contribution in [-0.2, 0) is 16.4 Å². The van der Waals surface area contributed by atoms with E-state index in [0.29, 0.717) is 0 Å². The zero-order valence-corrected chi connectivity index (χ0v) is 13.1. The lowest BCUT2D eigenvalue weighted by molar-refractivity contribution is 0.00578. The molecule has 0 N–H and O–H groups in total. The second-order valence-corrected chi connectivity index (χ2v) is 6.44. The van der Waals surface area contributed by atoms with Crippen molar-refractivity contribution in [3.63, 3.8) is 0 Å². The van der Waals surface area contributed by atoms with Crippen molar-refractivity contribution in [2.75, 3.05) is 0 Å². The third-order valence-electron chi connectivity index (χ3n) is 4.27. The molecule has 0 spiro atoms. The van der Waals surface area contributed by atoms with Crippen LogP contribution in [0.3, 0.4) is 0 Å². The van der Waals surface area contributed by atoms with E-state index in [1.54, 1.807) is 10.9 Å². The molecule has 1 fully saturated rings. The molecule has 1 aliphatic heterocycles. The second kappa shape index (κ2) is 4.68. The van der Waals surface area contributed by atoms with Crippen LogP contribution in [0.1, 0.15) is 27.7 Å². The Morgan fingerprint density at radius 3 is 2.33 bits per heavy atom. The first-order valence-electron chi connectivity index (χ1n) is 7.10. The molecule has 0 unspecified atom stereocenters. The van der Waals surface area contributed by atoms with Crippen molar-refractivity contribution in [1.29, 1.82) is 0 Å². The van der Waals surface area contributed by atoms with Gasteiger partial charge in [0.15, 0.2) is 0 Å². The summed E-state index contributed by atoms with van der Waals surface area (Å²) in [5.74, 6) is 0. The summed E-state index contributed by atoms with van der Waals surface area (Å²) in [7, 11) is 1.45. The maximum absolute atomic E-state index is 6.04. The average molecular weight is 285 g/mol. The fraction of sp³-hybridized carbons (Fsp3) is 0.467. The Labute approximate surface area is 125 Å². The summed E-state index contributed by atoms with van der Waals surface area (Å²) < 4.78 is 13.8. The molecular formula is C15H20BN3O2. The predicted molar refractivity (Wildman–Crippen MR) is 82.2 cm³/mol. The van der Waals surface area contributed by atoms with E-state index in [0.717, 1.165) is 16.9 Å². The monoisotopic (exact) mass is 285 g/mol. The van der Waals surface area contributed by atoms with E-state index in [9.17, 15) is 0 Å². The lowest BCUT2D eigenvalue weighted by Gasteiger charge is -2.32. The number of hydrogen-bond donors (Lipinski definition) is 0. The molecule has 1 aliphatic rings. The summed E-state index contributed by atoms with van der Waals surface area (Å²) in [5, 5.41) is 4.18. The van der Waals surface area contributed by atoms with Gasteiger partial charge in [-0.05, 0) is 39.8 Å². The molecule has 21 heavy (non-hydrogen) atoms. The Balaban J connectivity index is 1.91. The minimum atomic E-state index is -0.438. The van der Waals surface area contributed by atoms with Crippen LogP contribution in [0.15, 0.2) is 30.6 Å². The first-order valence-corrected chi connectivity index (χ1v) is 7.10. The smallest absolute Gasteiger partial charge is 0.398 e. The van der Waals surface area contributed by atoms with Crippen molar-refractivity contribution in [3.05, 3.63) is 30.6 Å². The number of aryl methyl sites for hydroxylation is 1. The lowest BCUT2D eigenvalue weighted by Crippen LogP contribution is -2.41. The minimum absolute atomic E-state index is 0.357. The molecule has 2 aromatic heterocycles. The van der Waals surface area contributed by atoms with Gasteiger partial charge in [0.25, 0.3) is 0 Å². The standard InChI is InChI=1S/C15H20BN3O2/c1-14(2)15(3,4)21-16(20-14)13-8-6-7-12(18-13)11-9-17-19(5)10-11/h6-10H,1-5H3. The van der Waals surface area contributed by atoms with Gasteiger partial charge in [-0.2, -0.15) is 5.10 Å². The Morgan fingerprint density at radius 2 is 1.76 bits per heavy atom.